The average molecular weight is 403 g/mol. The summed E-state index contributed by atoms with van der Waals surface area (Å²) in [5.41, 5.74) is 3.80. The maximum Gasteiger partial charge on any atom is 0.257 e. The summed E-state index contributed by atoms with van der Waals surface area (Å²) in [4.78, 5) is 19.6. The Morgan fingerprint density at radius 3 is 2.55 bits per heavy atom. The van der Waals surface area contributed by atoms with E-state index in [4.69, 9.17) is 4.98 Å². The SMILES string of the molecule is CC(C)c1ccc(N(C(=O)/C=C/c2cnn(C)c2)c2nc3ccccc3s2)cc1. The second kappa shape index (κ2) is 8.01. The van der Waals surface area contributed by atoms with Crippen molar-refractivity contribution < 1.29 is 4.79 Å². The van der Waals surface area contributed by atoms with Crippen LogP contribution in [0.5, 0.6) is 0 Å². The first-order valence-electron chi connectivity index (χ1n) is 9.47. The van der Waals surface area contributed by atoms with Crippen molar-refractivity contribution in [2.24, 2.45) is 7.05 Å². The van der Waals surface area contributed by atoms with Gasteiger partial charge in [0.25, 0.3) is 5.91 Å². The van der Waals surface area contributed by atoms with Gasteiger partial charge >= 0.3 is 0 Å². The van der Waals surface area contributed by atoms with Crippen LogP contribution >= 0.6 is 11.3 Å². The van der Waals surface area contributed by atoms with Crippen LogP contribution in [0.15, 0.2) is 67.0 Å². The molecular weight excluding hydrogens is 380 g/mol. The third-order valence-corrected chi connectivity index (χ3v) is 5.68. The molecule has 0 aliphatic carbocycles. The van der Waals surface area contributed by atoms with E-state index in [9.17, 15) is 4.79 Å². The Kier molecular flexibility index (Phi) is 5.27. The number of carbonyl (C=O) groups is 1. The van der Waals surface area contributed by atoms with Crippen LogP contribution in [0.4, 0.5) is 10.8 Å². The molecule has 2 aromatic carbocycles. The van der Waals surface area contributed by atoms with Gasteiger partial charge in [0.2, 0.25) is 0 Å². The fourth-order valence-electron chi connectivity index (χ4n) is 3.06. The minimum absolute atomic E-state index is 0.148. The largest absolute Gasteiger partial charge is 0.275 e. The smallest absolute Gasteiger partial charge is 0.257 e. The first kappa shape index (κ1) is 19.1. The zero-order chi connectivity index (χ0) is 20.4. The number of amides is 1. The fourth-order valence-corrected chi connectivity index (χ4v) is 4.06. The van der Waals surface area contributed by atoms with Gasteiger partial charge in [-0.3, -0.25) is 14.4 Å². The number of anilines is 2. The van der Waals surface area contributed by atoms with E-state index in [1.54, 1.807) is 27.9 Å². The highest BCUT2D eigenvalue weighted by atomic mass is 32.1. The first-order chi connectivity index (χ1) is 14.0. The Morgan fingerprint density at radius 2 is 1.90 bits per heavy atom. The molecule has 2 heterocycles. The lowest BCUT2D eigenvalue weighted by Gasteiger charge is -2.19. The number of hydrogen-bond donors (Lipinski definition) is 0. The number of hydrogen-bond acceptors (Lipinski definition) is 4. The molecule has 0 N–H and O–H groups in total. The molecule has 5 nitrogen and oxygen atoms in total. The Labute approximate surface area is 173 Å². The Morgan fingerprint density at radius 1 is 1.14 bits per heavy atom. The topological polar surface area (TPSA) is 51.0 Å². The number of aryl methyl sites for hydroxylation is 1. The molecule has 0 fully saturated rings. The summed E-state index contributed by atoms with van der Waals surface area (Å²) in [5.74, 6) is 0.284. The van der Waals surface area contributed by atoms with Crippen LogP contribution < -0.4 is 4.90 Å². The second-order valence-electron chi connectivity index (χ2n) is 7.16. The molecule has 0 spiro atoms. The number of rotatable bonds is 5. The predicted octanol–water partition coefficient (Wildman–Crippen LogP) is 5.53. The highest BCUT2D eigenvalue weighted by molar-refractivity contribution is 7.22. The molecular formula is C23H22N4OS. The number of aromatic nitrogens is 3. The molecule has 2 aromatic heterocycles. The number of thiazole rings is 1. The van der Waals surface area contributed by atoms with Crippen molar-refractivity contribution in [3.05, 3.63) is 78.1 Å². The van der Waals surface area contributed by atoms with Gasteiger partial charge in [0.05, 0.1) is 22.1 Å². The maximum atomic E-state index is 13.2. The van der Waals surface area contributed by atoms with E-state index in [-0.39, 0.29) is 5.91 Å². The summed E-state index contributed by atoms with van der Waals surface area (Å²) in [6.45, 7) is 4.31. The van der Waals surface area contributed by atoms with Crippen molar-refractivity contribution in [1.82, 2.24) is 14.8 Å². The lowest BCUT2D eigenvalue weighted by molar-refractivity contribution is -0.113. The molecule has 0 aliphatic heterocycles. The second-order valence-corrected chi connectivity index (χ2v) is 8.17. The molecule has 0 bridgehead atoms. The zero-order valence-electron chi connectivity index (χ0n) is 16.6. The van der Waals surface area contributed by atoms with Gasteiger partial charge in [-0.25, -0.2) is 4.98 Å². The van der Waals surface area contributed by atoms with Gasteiger partial charge in [0, 0.05) is 24.9 Å². The van der Waals surface area contributed by atoms with Crippen molar-refractivity contribution in [3.63, 3.8) is 0 Å². The molecule has 0 aliphatic rings. The van der Waals surface area contributed by atoms with Crippen LogP contribution in [0.2, 0.25) is 0 Å². The normalized spacial score (nSPS) is 11.6. The molecule has 0 radical (unpaired) electrons. The number of carbonyl (C=O) groups excluding carboxylic acids is 1. The summed E-state index contributed by atoms with van der Waals surface area (Å²) in [6, 6.07) is 16.0. The van der Waals surface area contributed by atoms with Crippen LogP contribution in [0, 0.1) is 0 Å². The van der Waals surface area contributed by atoms with Gasteiger partial charge < -0.3 is 0 Å². The molecule has 1 amide bonds. The minimum Gasteiger partial charge on any atom is -0.275 e. The van der Waals surface area contributed by atoms with Gasteiger partial charge in [-0.15, -0.1) is 0 Å². The van der Waals surface area contributed by atoms with Gasteiger partial charge in [-0.1, -0.05) is 49.4 Å². The fraction of sp³-hybridized carbons (Fsp3) is 0.174. The summed E-state index contributed by atoms with van der Waals surface area (Å²) in [6.07, 6.45) is 6.93. The summed E-state index contributed by atoms with van der Waals surface area (Å²) in [7, 11) is 1.85. The summed E-state index contributed by atoms with van der Waals surface area (Å²) >= 11 is 1.51. The van der Waals surface area contributed by atoms with Gasteiger partial charge in [-0.2, -0.15) is 5.10 Å². The van der Waals surface area contributed by atoms with Crippen LogP contribution in [0.1, 0.15) is 30.9 Å². The molecule has 0 atom stereocenters. The summed E-state index contributed by atoms with van der Waals surface area (Å²) in [5, 5.41) is 4.80. The van der Waals surface area contributed by atoms with E-state index in [2.05, 4.69) is 31.1 Å². The standard InChI is InChI=1S/C23H22N4OS/c1-16(2)18-9-11-19(12-10-18)27(22(28)13-8-17-14-24-26(3)15-17)23-25-20-6-4-5-7-21(20)29-23/h4-16H,1-3H3/b13-8+. The molecule has 0 unspecified atom stereocenters. The third kappa shape index (κ3) is 4.12. The minimum atomic E-state index is -0.148. The van der Waals surface area contributed by atoms with E-state index in [0.29, 0.717) is 11.0 Å². The van der Waals surface area contributed by atoms with E-state index < -0.39 is 0 Å². The van der Waals surface area contributed by atoms with E-state index >= 15 is 0 Å². The van der Waals surface area contributed by atoms with Crippen molar-refractivity contribution in [2.75, 3.05) is 4.90 Å². The molecule has 6 heteroatoms. The zero-order valence-corrected chi connectivity index (χ0v) is 17.4. The van der Waals surface area contributed by atoms with Gasteiger partial charge in [0.1, 0.15) is 0 Å². The van der Waals surface area contributed by atoms with Gasteiger partial charge in [0.15, 0.2) is 5.13 Å². The predicted molar refractivity (Wildman–Crippen MR) is 120 cm³/mol. The lowest BCUT2D eigenvalue weighted by atomic mass is 10.0. The lowest BCUT2D eigenvalue weighted by Crippen LogP contribution is -2.23. The average Bonchev–Trinajstić information content (AvgIpc) is 3.32. The number of nitrogens with zero attached hydrogens (tertiary/aromatic N) is 4. The Bertz CT molecular complexity index is 1140. The number of fused-ring (bicyclic) bond motifs is 1. The van der Waals surface area contributed by atoms with Gasteiger partial charge in [-0.05, 0) is 41.8 Å². The molecule has 29 heavy (non-hydrogen) atoms. The molecule has 0 saturated carbocycles. The number of para-hydroxylation sites is 1. The van der Waals surface area contributed by atoms with Crippen molar-refractivity contribution >= 4 is 44.4 Å². The van der Waals surface area contributed by atoms with Crippen LogP contribution in [-0.4, -0.2) is 20.7 Å². The highest BCUT2D eigenvalue weighted by Gasteiger charge is 2.20. The summed E-state index contributed by atoms with van der Waals surface area (Å²) < 4.78 is 2.76. The van der Waals surface area contributed by atoms with Crippen molar-refractivity contribution in [1.29, 1.82) is 0 Å². The molecule has 0 saturated heterocycles. The van der Waals surface area contributed by atoms with Crippen LogP contribution in [0.3, 0.4) is 0 Å². The maximum absolute atomic E-state index is 13.2. The van der Waals surface area contributed by atoms with Crippen LogP contribution in [-0.2, 0) is 11.8 Å². The molecule has 146 valence electrons. The number of benzene rings is 2. The third-order valence-electron chi connectivity index (χ3n) is 4.66. The van der Waals surface area contributed by atoms with Crippen molar-refractivity contribution in [2.45, 2.75) is 19.8 Å². The van der Waals surface area contributed by atoms with E-state index in [1.165, 1.54) is 16.9 Å². The first-order valence-corrected chi connectivity index (χ1v) is 10.3. The quantitative estimate of drug-likeness (QED) is 0.412. The van der Waals surface area contributed by atoms with E-state index in [0.717, 1.165) is 21.5 Å². The van der Waals surface area contributed by atoms with Crippen molar-refractivity contribution in [3.8, 4) is 0 Å². The van der Waals surface area contributed by atoms with Crippen LogP contribution in [0.25, 0.3) is 16.3 Å². The monoisotopic (exact) mass is 402 g/mol. The Balaban J connectivity index is 1.73. The Hall–Kier alpha value is -3.25. The van der Waals surface area contributed by atoms with E-state index in [1.807, 2.05) is 49.6 Å². The molecule has 4 rings (SSSR count). The highest BCUT2D eigenvalue weighted by Crippen LogP contribution is 2.34. The molecule has 4 aromatic rings.